The highest BCUT2D eigenvalue weighted by Crippen LogP contribution is 2.33. The van der Waals surface area contributed by atoms with E-state index in [4.69, 9.17) is 4.74 Å². The molecule has 6 nitrogen and oxygen atoms in total. The number of sulfonamides is 1. The molecule has 0 aromatic heterocycles. The summed E-state index contributed by atoms with van der Waals surface area (Å²) in [6.45, 7) is 3.46. The number of carbonyl (C=O) groups is 1. The second kappa shape index (κ2) is 9.89. The Morgan fingerprint density at radius 1 is 1.06 bits per heavy atom. The molecule has 1 aliphatic carbocycles. The molecule has 0 saturated heterocycles. The molecule has 0 heterocycles. The zero-order valence-corrected chi connectivity index (χ0v) is 20.6. The third-order valence-corrected chi connectivity index (χ3v) is 8.03. The molecule has 0 spiro atoms. The molecule has 4 rings (SSSR count). The molecule has 34 heavy (non-hydrogen) atoms. The van der Waals surface area contributed by atoms with Crippen LogP contribution in [0.3, 0.4) is 0 Å². The number of amides is 1. The molecular weight excluding hydrogens is 448 g/mol. The van der Waals surface area contributed by atoms with Gasteiger partial charge in [-0.3, -0.25) is 9.10 Å². The summed E-state index contributed by atoms with van der Waals surface area (Å²) in [7, 11) is -2.31. The number of ether oxygens (including phenoxy) is 1. The van der Waals surface area contributed by atoms with E-state index in [1.807, 2.05) is 50.2 Å². The third-order valence-electron chi connectivity index (χ3n) is 6.25. The molecule has 3 aromatic rings. The van der Waals surface area contributed by atoms with Gasteiger partial charge in [0, 0.05) is 0 Å². The maximum Gasteiger partial charge on any atom is 0.264 e. The van der Waals surface area contributed by atoms with Gasteiger partial charge < -0.3 is 10.1 Å². The molecule has 1 atom stereocenters. The lowest BCUT2D eigenvalue weighted by Gasteiger charge is -2.29. The Morgan fingerprint density at radius 3 is 2.56 bits per heavy atom. The van der Waals surface area contributed by atoms with E-state index < -0.39 is 10.0 Å². The lowest BCUT2D eigenvalue weighted by atomic mass is 9.87. The molecule has 0 radical (unpaired) electrons. The van der Waals surface area contributed by atoms with Crippen molar-refractivity contribution in [1.82, 2.24) is 5.32 Å². The number of methoxy groups -OCH3 is 1. The van der Waals surface area contributed by atoms with Crippen molar-refractivity contribution in [1.29, 1.82) is 0 Å². The van der Waals surface area contributed by atoms with Gasteiger partial charge in [-0.05, 0) is 85.7 Å². The van der Waals surface area contributed by atoms with Crippen molar-refractivity contribution in [3.8, 4) is 5.75 Å². The Labute approximate surface area is 201 Å². The lowest BCUT2D eigenvalue weighted by Crippen LogP contribution is -2.42. The highest BCUT2D eigenvalue weighted by atomic mass is 32.2. The smallest absolute Gasteiger partial charge is 0.264 e. The van der Waals surface area contributed by atoms with Crippen LogP contribution in [-0.2, 0) is 21.2 Å². The first-order valence-electron chi connectivity index (χ1n) is 11.4. The van der Waals surface area contributed by atoms with Crippen molar-refractivity contribution >= 4 is 21.6 Å². The summed E-state index contributed by atoms with van der Waals surface area (Å²) in [5.74, 6) is 0.454. The summed E-state index contributed by atoms with van der Waals surface area (Å²) in [6.07, 6.45) is 2.67. The molecule has 0 aliphatic heterocycles. The van der Waals surface area contributed by atoms with Crippen LogP contribution in [0.4, 0.5) is 5.69 Å². The second-order valence-corrected chi connectivity index (χ2v) is 10.6. The van der Waals surface area contributed by atoms with Crippen LogP contribution in [0.25, 0.3) is 0 Å². The maximum atomic E-state index is 13.6. The predicted molar refractivity (Wildman–Crippen MR) is 134 cm³/mol. The van der Waals surface area contributed by atoms with Crippen LogP contribution in [-0.4, -0.2) is 28.0 Å². The van der Waals surface area contributed by atoms with Gasteiger partial charge in [-0.25, -0.2) is 8.42 Å². The standard InChI is InChI=1S/C27H30N2O4S/c1-19-12-13-20(2)26(16-19)29(34(31,32)23-9-5-4-6-10-23)18-27(30)28-25-11-7-8-21-17-22(33-3)14-15-24(21)25/h4-6,9-10,12-17,25H,7-8,11,18H2,1-3H3,(H,28,30). The average Bonchev–Trinajstić information content (AvgIpc) is 2.84. The Balaban J connectivity index is 1.64. The highest BCUT2D eigenvalue weighted by molar-refractivity contribution is 7.92. The largest absolute Gasteiger partial charge is 0.497 e. The van der Waals surface area contributed by atoms with E-state index in [1.54, 1.807) is 37.4 Å². The van der Waals surface area contributed by atoms with Crippen LogP contribution in [0, 0.1) is 13.8 Å². The molecule has 0 fully saturated rings. The SMILES string of the molecule is COc1ccc2c(c1)CCCC2NC(=O)CN(c1cc(C)ccc1C)S(=O)(=O)c1ccccc1. The van der Waals surface area contributed by atoms with Crippen molar-refractivity contribution in [2.45, 2.75) is 44.0 Å². The number of carbonyl (C=O) groups excluding carboxylic acids is 1. The normalized spacial score (nSPS) is 15.3. The first kappa shape index (κ1) is 23.8. The minimum absolute atomic E-state index is 0.152. The van der Waals surface area contributed by atoms with Crippen molar-refractivity contribution < 1.29 is 17.9 Å². The minimum atomic E-state index is -3.94. The maximum absolute atomic E-state index is 13.6. The monoisotopic (exact) mass is 478 g/mol. The molecular formula is C27H30N2O4S. The topological polar surface area (TPSA) is 75.7 Å². The van der Waals surface area contributed by atoms with E-state index in [2.05, 4.69) is 5.32 Å². The van der Waals surface area contributed by atoms with Crippen LogP contribution in [0.1, 0.15) is 41.1 Å². The zero-order valence-electron chi connectivity index (χ0n) is 19.7. The Bertz CT molecular complexity index is 1290. The van der Waals surface area contributed by atoms with E-state index >= 15 is 0 Å². The summed E-state index contributed by atoms with van der Waals surface area (Å²) in [5, 5.41) is 3.08. The van der Waals surface area contributed by atoms with Crippen LogP contribution in [0.2, 0.25) is 0 Å². The zero-order chi connectivity index (χ0) is 24.3. The Kier molecular flexibility index (Phi) is 6.93. The van der Waals surface area contributed by atoms with Crippen LogP contribution in [0.5, 0.6) is 5.75 Å². The van der Waals surface area contributed by atoms with Gasteiger partial charge >= 0.3 is 0 Å². The second-order valence-electron chi connectivity index (χ2n) is 8.69. The fraction of sp³-hybridized carbons (Fsp3) is 0.296. The number of nitrogens with one attached hydrogen (secondary N) is 1. The molecule has 7 heteroatoms. The molecule has 0 saturated carbocycles. The van der Waals surface area contributed by atoms with Gasteiger partial charge in [-0.15, -0.1) is 0 Å². The summed E-state index contributed by atoms with van der Waals surface area (Å²) in [5.41, 5.74) is 4.43. The summed E-state index contributed by atoms with van der Waals surface area (Å²) in [6, 6.07) is 19.6. The molecule has 3 aromatic carbocycles. The molecule has 178 valence electrons. The van der Waals surface area contributed by atoms with E-state index in [9.17, 15) is 13.2 Å². The minimum Gasteiger partial charge on any atom is -0.497 e. The summed E-state index contributed by atoms with van der Waals surface area (Å²) < 4.78 is 33.8. The number of rotatable bonds is 7. The number of benzene rings is 3. The predicted octanol–water partition coefficient (Wildman–Crippen LogP) is 4.70. The molecule has 1 N–H and O–H groups in total. The highest BCUT2D eigenvalue weighted by Gasteiger charge is 2.30. The van der Waals surface area contributed by atoms with E-state index in [0.29, 0.717) is 5.69 Å². The lowest BCUT2D eigenvalue weighted by molar-refractivity contribution is -0.120. The van der Waals surface area contributed by atoms with Crippen molar-refractivity contribution in [2.75, 3.05) is 18.0 Å². The van der Waals surface area contributed by atoms with E-state index in [1.165, 1.54) is 4.31 Å². The van der Waals surface area contributed by atoms with Gasteiger partial charge in [0.05, 0.1) is 23.7 Å². The van der Waals surface area contributed by atoms with Crippen LogP contribution >= 0.6 is 0 Å². The Hall–Kier alpha value is -3.32. The molecule has 1 amide bonds. The van der Waals surface area contributed by atoms with Gasteiger partial charge in [0.2, 0.25) is 5.91 Å². The molecule has 1 unspecified atom stereocenters. The number of nitrogens with zero attached hydrogens (tertiary/aromatic N) is 1. The number of anilines is 1. The van der Waals surface area contributed by atoms with Gasteiger partial charge in [-0.2, -0.15) is 0 Å². The fourth-order valence-corrected chi connectivity index (χ4v) is 5.94. The van der Waals surface area contributed by atoms with E-state index in [-0.39, 0.29) is 23.4 Å². The third kappa shape index (κ3) is 4.94. The van der Waals surface area contributed by atoms with Gasteiger partial charge in [0.1, 0.15) is 12.3 Å². The van der Waals surface area contributed by atoms with Gasteiger partial charge in [-0.1, -0.05) is 36.4 Å². The Morgan fingerprint density at radius 2 is 1.82 bits per heavy atom. The quantitative estimate of drug-likeness (QED) is 0.534. The molecule has 0 bridgehead atoms. The first-order chi connectivity index (χ1) is 16.3. The first-order valence-corrected chi connectivity index (χ1v) is 12.8. The van der Waals surface area contributed by atoms with Crippen molar-refractivity contribution in [2.24, 2.45) is 0 Å². The van der Waals surface area contributed by atoms with Crippen molar-refractivity contribution in [3.63, 3.8) is 0 Å². The molecule has 1 aliphatic rings. The van der Waals surface area contributed by atoms with Gasteiger partial charge in [0.15, 0.2) is 0 Å². The number of fused-ring (bicyclic) bond motifs is 1. The van der Waals surface area contributed by atoms with Gasteiger partial charge in [0.25, 0.3) is 10.0 Å². The fourth-order valence-electron chi connectivity index (χ4n) is 4.45. The van der Waals surface area contributed by atoms with Crippen LogP contribution < -0.4 is 14.4 Å². The average molecular weight is 479 g/mol. The van der Waals surface area contributed by atoms with Crippen LogP contribution in [0.15, 0.2) is 71.6 Å². The number of hydrogen-bond donors (Lipinski definition) is 1. The number of hydrogen-bond acceptors (Lipinski definition) is 4. The number of aryl methyl sites for hydroxylation is 3. The summed E-state index contributed by atoms with van der Waals surface area (Å²) in [4.78, 5) is 13.4. The van der Waals surface area contributed by atoms with E-state index in [0.717, 1.165) is 47.3 Å². The summed E-state index contributed by atoms with van der Waals surface area (Å²) >= 11 is 0. The van der Waals surface area contributed by atoms with Crippen molar-refractivity contribution in [3.05, 3.63) is 89.0 Å².